The maximum Gasteiger partial charge on any atom is 0.224 e. The lowest BCUT2D eigenvalue weighted by Crippen LogP contribution is -2.50. The quantitative estimate of drug-likeness (QED) is 0.760. The number of amides is 1. The van der Waals surface area contributed by atoms with Gasteiger partial charge in [0.2, 0.25) is 5.91 Å². The monoisotopic (exact) mass is 238 g/mol. The standard InChI is InChI=1S/C11H18N4O2/c1-9-6-17-10(2)5-15(9)11(16)3-4-14-8-12-7-13-14/h7-10H,3-6H2,1-2H3/t9-,10+/m0/s1. The Balaban J connectivity index is 1.86. The minimum Gasteiger partial charge on any atom is -0.375 e. The molecule has 1 fully saturated rings. The van der Waals surface area contributed by atoms with Crippen LogP contribution >= 0.6 is 0 Å². The molecule has 17 heavy (non-hydrogen) atoms. The fourth-order valence-corrected chi connectivity index (χ4v) is 1.95. The Morgan fingerprint density at radius 3 is 3.06 bits per heavy atom. The first kappa shape index (κ1) is 12.0. The van der Waals surface area contributed by atoms with Crippen LogP contribution < -0.4 is 0 Å². The smallest absolute Gasteiger partial charge is 0.224 e. The van der Waals surface area contributed by atoms with Crippen LogP contribution in [0, 0.1) is 0 Å². The summed E-state index contributed by atoms with van der Waals surface area (Å²) in [7, 11) is 0. The molecule has 1 aliphatic heterocycles. The average molecular weight is 238 g/mol. The van der Waals surface area contributed by atoms with Crippen LogP contribution in [0.15, 0.2) is 12.7 Å². The molecule has 1 aliphatic rings. The lowest BCUT2D eigenvalue weighted by Gasteiger charge is -2.36. The van der Waals surface area contributed by atoms with Crippen LogP contribution in [0.5, 0.6) is 0 Å². The van der Waals surface area contributed by atoms with Crippen LogP contribution in [0.2, 0.25) is 0 Å². The van der Waals surface area contributed by atoms with E-state index in [0.29, 0.717) is 26.1 Å². The molecular formula is C11H18N4O2. The topological polar surface area (TPSA) is 60.2 Å². The molecule has 0 bridgehead atoms. The largest absolute Gasteiger partial charge is 0.375 e. The summed E-state index contributed by atoms with van der Waals surface area (Å²) in [6, 6.07) is 0.162. The van der Waals surface area contributed by atoms with Gasteiger partial charge in [-0.05, 0) is 13.8 Å². The van der Waals surface area contributed by atoms with Crippen molar-refractivity contribution in [2.24, 2.45) is 0 Å². The van der Waals surface area contributed by atoms with Crippen molar-refractivity contribution in [3.63, 3.8) is 0 Å². The third-order valence-corrected chi connectivity index (χ3v) is 2.95. The molecule has 1 aromatic heterocycles. The van der Waals surface area contributed by atoms with Gasteiger partial charge in [0.15, 0.2) is 0 Å². The minimum atomic E-state index is 0.126. The SMILES string of the molecule is C[C@@H]1CN(C(=O)CCn2cncn2)[C@@H](C)CO1. The molecule has 0 unspecified atom stereocenters. The van der Waals surface area contributed by atoms with Gasteiger partial charge in [-0.3, -0.25) is 9.48 Å². The van der Waals surface area contributed by atoms with Gasteiger partial charge in [0, 0.05) is 13.0 Å². The lowest BCUT2D eigenvalue weighted by atomic mass is 10.2. The molecule has 2 rings (SSSR count). The fourth-order valence-electron chi connectivity index (χ4n) is 1.95. The van der Waals surface area contributed by atoms with Gasteiger partial charge in [0.05, 0.1) is 25.3 Å². The van der Waals surface area contributed by atoms with Crippen LogP contribution in [0.25, 0.3) is 0 Å². The van der Waals surface area contributed by atoms with Crippen molar-refractivity contribution in [2.75, 3.05) is 13.2 Å². The van der Waals surface area contributed by atoms with Crippen molar-refractivity contribution < 1.29 is 9.53 Å². The van der Waals surface area contributed by atoms with E-state index < -0.39 is 0 Å². The van der Waals surface area contributed by atoms with Crippen LogP contribution in [0.1, 0.15) is 20.3 Å². The second-order valence-corrected chi connectivity index (χ2v) is 4.45. The molecule has 0 aromatic carbocycles. The lowest BCUT2D eigenvalue weighted by molar-refractivity contribution is -0.143. The van der Waals surface area contributed by atoms with E-state index in [-0.39, 0.29) is 18.1 Å². The van der Waals surface area contributed by atoms with E-state index in [9.17, 15) is 4.79 Å². The summed E-state index contributed by atoms with van der Waals surface area (Å²) in [5, 5.41) is 3.98. The van der Waals surface area contributed by atoms with Gasteiger partial charge in [0.25, 0.3) is 0 Å². The summed E-state index contributed by atoms with van der Waals surface area (Å²) >= 11 is 0. The molecule has 6 heteroatoms. The van der Waals surface area contributed by atoms with Crippen molar-refractivity contribution in [2.45, 2.75) is 39.0 Å². The molecule has 1 amide bonds. The zero-order chi connectivity index (χ0) is 12.3. The first-order valence-electron chi connectivity index (χ1n) is 5.90. The van der Waals surface area contributed by atoms with Gasteiger partial charge >= 0.3 is 0 Å². The van der Waals surface area contributed by atoms with Crippen molar-refractivity contribution in [1.82, 2.24) is 19.7 Å². The number of carbonyl (C=O) groups excluding carboxylic acids is 1. The van der Waals surface area contributed by atoms with Gasteiger partial charge in [-0.1, -0.05) is 0 Å². The highest BCUT2D eigenvalue weighted by Crippen LogP contribution is 2.12. The number of carbonyl (C=O) groups is 1. The molecule has 0 spiro atoms. The van der Waals surface area contributed by atoms with Crippen molar-refractivity contribution in [1.29, 1.82) is 0 Å². The molecular weight excluding hydrogens is 220 g/mol. The van der Waals surface area contributed by atoms with E-state index in [0.717, 1.165) is 0 Å². The van der Waals surface area contributed by atoms with E-state index >= 15 is 0 Å². The minimum absolute atomic E-state index is 0.126. The summed E-state index contributed by atoms with van der Waals surface area (Å²) in [6.07, 6.45) is 3.68. The van der Waals surface area contributed by atoms with E-state index in [4.69, 9.17) is 4.74 Å². The first-order chi connectivity index (χ1) is 8.16. The second kappa shape index (κ2) is 5.27. The Labute approximate surface area is 101 Å². The maximum atomic E-state index is 12.1. The van der Waals surface area contributed by atoms with Crippen molar-refractivity contribution in [3.05, 3.63) is 12.7 Å². The molecule has 0 radical (unpaired) electrons. The Morgan fingerprint density at radius 1 is 1.53 bits per heavy atom. The number of ether oxygens (including phenoxy) is 1. The van der Waals surface area contributed by atoms with Gasteiger partial charge in [-0.25, -0.2) is 4.98 Å². The highest BCUT2D eigenvalue weighted by atomic mass is 16.5. The second-order valence-electron chi connectivity index (χ2n) is 4.45. The number of hydrogen-bond donors (Lipinski definition) is 0. The van der Waals surface area contributed by atoms with E-state index in [1.54, 1.807) is 11.0 Å². The Morgan fingerprint density at radius 2 is 2.35 bits per heavy atom. The van der Waals surface area contributed by atoms with Crippen LogP contribution in [-0.4, -0.2) is 50.9 Å². The normalized spacial score (nSPS) is 24.9. The number of morpholine rings is 1. The summed E-state index contributed by atoms with van der Waals surface area (Å²) in [5.41, 5.74) is 0. The fraction of sp³-hybridized carbons (Fsp3) is 0.727. The van der Waals surface area contributed by atoms with Crippen LogP contribution in [-0.2, 0) is 16.1 Å². The summed E-state index contributed by atoms with van der Waals surface area (Å²) in [4.78, 5) is 17.8. The Bertz CT molecular complexity index is 366. The summed E-state index contributed by atoms with van der Waals surface area (Å²) in [6.45, 7) is 5.88. The molecule has 0 saturated carbocycles. The summed E-state index contributed by atoms with van der Waals surface area (Å²) in [5.74, 6) is 0.156. The van der Waals surface area contributed by atoms with Gasteiger partial charge < -0.3 is 9.64 Å². The molecule has 1 aromatic rings. The van der Waals surface area contributed by atoms with E-state index in [1.807, 2.05) is 18.7 Å². The Kier molecular flexibility index (Phi) is 3.73. The zero-order valence-corrected chi connectivity index (χ0v) is 10.2. The number of aryl methyl sites for hydroxylation is 1. The molecule has 1 saturated heterocycles. The van der Waals surface area contributed by atoms with E-state index in [1.165, 1.54) is 6.33 Å². The van der Waals surface area contributed by atoms with Gasteiger partial charge in [-0.15, -0.1) is 0 Å². The number of hydrogen-bond acceptors (Lipinski definition) is 4. The number of nitrogens with zero attached hydrogens (tertiary/aromatic N) is 4. The average Bonchev–Trinajstić information content (AvgIpc) is 2.82. The highest BCUT2D eigenvalue weighted by Gasteiger charge is 2.26. The summed E-state index contributed by atoms with van der Waals surface area (Å²) < 4.78 is 7.17. The zero-order valence-electron chi connectivity index (χ0n) is 10.2. The van der Waals surface area contributed by atoms with Crippen LogP contribution in [0.3, 0.4) is 0 Å². The highest BCUT2D eigenvalue weighted by molar-refractivity contribution is 5.76. The molecule has 0 aliphatic carbocycles. The number of aromatic nitrogens is 3. The first-order valence-corrected chi connectivity index (χ1v) is 5.90. The number of rotatable bonds is 3. The molecule has 2 atom stereocenters. The van der Waals surface area contributed by atoms with E-state index in [2.05, 4.69) is 10.1 Å². The van der Waals surface area contributed by atoms with Gasteiger partial charge in [-0.2, -0.15) is 5.10 Å². The predicted octanol–water partition coefficient (Wildman–Crippen LogP) is 0.304. The third-order valence-electron chi connectivity index (χ3n) is 2.95. The van der Waals surface area contributed by atoms with Crippen molar-refractivity contribution >= 4 is 5.91 Å². The molecule has 2 heterocycles. The molecule has 6 nitrogen and oxygen atoms in total. The third kappa shape index (κ3) is 3.03. The molecule has 94 valence electrons. The molecule has 0 N–H and O–H groups in total. The predicted molar refractivity (Wildman–Crippen MR) is 61.2 cm³/mol. The van der Waals surface area contributed by atoms with Gasteiger partial charge in [0.1, 0.15) is 12.7 Å². The Hall–Kier alpha value is -1.43. The maximum absolute atomic E-state index is 12.1. The van der Waals surface area contributed by atoms with Crippen molar-refractivity contribution in [3.8, 4) is 0 Å². The van der Waals surface area contributed by atoms with Crippen LogP contribution in [0.4, 0.5) is 0 Å².